The van der Waals surface area contributed by atoms with Gasteiger partial charge in [0.1, 0.15) is 0 Å². The number of thiophene rings is 1. The summed E-state index contributed by atoms with van der Waals surface area (Å²) in [5.74, 6) is 2.11. The Hall–Kier alpha value is -1.13. The van der Waals surface area contributed by atoms with Crippen molar-refractivity contribution in [3.8, 4) is 0 Å². The maximum Gasteiger partial charge on any atom is 0.191 e. The van der Waals surface area contributed by atoms with Crippen molar-refractivity contribution in [3.05, 3.63) is 39.4 Å². The third-order valence-electron chi connectivity index (χ3n) is 5.66. The molecule has 0 saturated carbocycles. The Morgan fingerprint density at radius 1 is 1.34 bits per heavy atom. The van der Waals surface area contributed by atoms with Gasteiger partial charge in [-0.3, -0.25) is 9.89 Å². The lowest BCUT2D eigenvalue weighted by Crippen LogP contribution is -2.47. The predicted octanol–water partition coefficient (Wildman–Crippen LogP) is 4.37. The van der Waals surface area contributed by atoms with Gasteiger partial charge in [0.15, 0.2) is 11.7 Å². The van der Waals surface area contributed by atoms with Crippen molar-refractivity contribution in [3.63, 3.8) is 0 Å². The van der Waals surface area contributed by atoms with E-state index in [-0.39, 0.29) is 24.0 Å². The molecule has 2 aromatic heterocycles. The fourth-order valence-electron chi connectivity index (χ4n) is 3.72. The molecule has 1 unspecified atom stereocenters. The third kappa shape index (κ3) is 6.42. The third-order valence-corrected chi connectivity index (χ3v) is 6.68. The lowest BCUT2D eigenvalue weighted by molar-refractivity contribution is 0.192. The SMILES string of the molecule is CCC(CC)c1cc(CNC(=NC)NCC(C)N2CCc3sccc3C2)on1.I. The maximum atomic E-state index is 5.49. The van der Waals surface area contributed by atoms with Crippen molar-refractivity contribution in [1.82, 2.24) is 20.7 Å². The minimum absolute atomic E-state index is 0. The second kappa shape index (κ2) is 11.9. The minimum atomic E-state index is 0. The first-order valence-electron chi connectivity index (χ1n) is 10.3. The van der Waals surface area contributed by atoms with Crippen LogP contribution in [0.3, 0.4) is 0 Å². The Labute approximate surface area is 195 Å². The Kier molecular flexibility index (Phi) is 9.91. The molecule has 0 fully saturated rings. The van der Waals surface area contributed by atoms with E-state index >= 15 is 0 Å². The highest BCUT2D eigenvalue weighted by Gasteiger charge is 2.21. The van der Waals surface area contributed by atoms with Gasteiger partial charge in [-0.05, 0) is 43.2 Å². The molecule has 1 atom stereocenters. The van der Waals surface area contributed by atoms with Crippen LogP contribution in [0.5, 0.6) is 0 Å². The Balaban J connectivity index is 0.00000300. The molecule has 1 aliphatic heterocycles. The quantitative estimate of drug-likeness (QED) is 0.301. The highest BCUT2D eigenvalue weighted by Crippen LogP contribution is 2.25. The number of halogens is 1. The predicted molar refractivity (Wildman–Crippen MR) is 131 cm³/mol. The van der Waals surface area contributed by atoms with Gasteiger partial charge in [0.25, 0.3) is 0 Å². The fraction of sp³-hybridized carbons (Fsp3) is 0.619. The van der Waals surface area contributed by atoms with Crippen molar-refractivity contribution in [1.29, 1.82) is 0 Å². The maximum absolute atomic E-state index is 5.49. The first-order valence-corrected chi connectivity index (χ1v) is 11.2. The Morgan fingerprint density at radius 2 is 2.14 bits per heavy atom. The van der Waals surface area contributed by atoms with Crippen LogP contribution in [0, 0.1) is 0 Å². The van der Waals surface area contributed by atoms with Crippen LogP contribution in [0.25, 0.3) is 0 Å². The van der Waals surface area contributed by atoms with Crippen LogP contribution in [0.4, 0.5) is 0 Å². The van der Waals surface area contributed by atoms with E-state index in [1.807, 2.05) is 11.3 Å². The molecular formula is C21H34IN5OS. The zero-order valence-corrected chi connectivity index (χ0v) is 21.0. The van der Waals surface area contributed by atoms with Gasteiger partial charge in [-0.25, -0.2) is 0 Å². The van der Waals surface area contributed by atoms with Gasteiger partial charge < -0.3 is 15.2 Å². The van der Waals surface area contributed by atoms with Gasteiger partial charge in [0.2, 0.25) is 0 Å². The molecule has 1 aliphatic rings. The van der Waals surface area contributed by atoms with Gasteiger partial charge in [-0.1, -0.05) is 19.0 Å². The standard InChI is InChI=1S/C21H33N5OS.HI/c1-5-16(6-2)19-11-18(27-25-19)13-24-21(22-4)23-12-15(3)26-9-7-20-17(14-26)8-10-28-20;/h8,10-11,15-16H,5-7,9,12-14H2,1-4H3,(H2,22,23,24);1H. The summed E-state index contributed by atoms with van der Waals surface area (Å²) >= 11 is 1.89. The molecule has 0 saturated heterocycles. The number of guanidine groups is 1. The smallest absolute Gasteiger partial charge is 0.191 e. The molecule has 0 aromatic carbocycles. The lowest BCUT2D eigenvalue weighted by Gasteiger charge is -2.32. The van der Waals surface area contributed by atoms with Crippen LogP contribution >= 0.6 is 35.3 Å². The Bertz CT molecular complexity index is 771. The number of nitrogens with one attached hydrogen (secondary N) is 2. The first kappa shape index (κ1) is 24.1. The van der Waals surface area contributed by atoms with E-state index in [0.717, 1.165) is 56.3 Å². The molecule has 0 spiro atoms. The van der Waals surface area contributed by atoms with Crippen LogP contribution < -0.4 is 10.6 Å². The highest BCUT2D eigenvalue weighted by atomic mass is 127. The van der Waals surface area contributed by atoms with E-state index in [2.05, 4.69) is 64.0 Å². The number of aromatic nitrogens is 1. The monoisotopic (exact) mass is 531 g/mol. The summed E-state index contributed by atoms with van der Waals surface area (Å²) in [6.45, 7) is 10.3. The zero-order chi connectivity index (χ0) is 19.9. The zero-order valence-electron chi connectivity index (χ0n) is 17.9. The average molecular weight is 532 g/mol. The molecule has 2 N–H and O–H groups in total. The van der Waals surface area contributed by atoms with Gasteiger partial charge >= 0.3 is 0 Å². The topological polar surface area (TPSA) is 65.7 Å². The lowest BCUT2D eigenvalue weighted by atomic mass is 9.99. The van der Waals surface area contributed by atoms with Gasteiger partial charge in [0, 0.05) is 49.6 Å². The summed E-state index contributed by atoms with van der Waals surface area (Å²) in [4.78, 5) is 8.42. The summed E-state index contributed by atoms with van der Waals surface area (Å²) in [6, 6.07) is 4.77. The number of rotatable bonds is 8. The van der Waals surface area contributed by atoms with E-state index in [9.17, 15) is 0 Å². The molecule has 2 aromatic rings. The summed E-state index contributed by atoms with van der Waals surface area (Å²) in [5.41, 5.74) is 2.54. The van der Waals surface area contributed by atoms with E-state index in [1.165, 1.54) is 5.56 Å². The van der Waals surface area contributed by atoms with Gasteiger partial charge in [-0.15, -0.1) is 35.3 Å². The van der Waals surface area contributed by atoms with E-state index in [1.54, 1.807) is 11.9 Å². The van der Waals surface area contributed by atoms with Crippen LogP contribution in [0.15, 0.2) is 27.0 Å². The van der Waals surface area contributed by atoms with E-state index < -0.39 is 0 Å². The fourth-order valence-corrected chi connectivity index (χ4v) is 4.61. The van der Waals surface area contributed by atoms with Crippen LogP contribution in [0.1, 0.15) is 61.4 Å². The number of nitrogens with zero attached hydrogens (tertiary/aromatic N) is 3. The molecule has 162 valence electrons. The van der Waals surface area contributed by atoms with E-state index in [4.69, 9.17) is 4.52 Å². The van der Waals surface area contributed by atoms with Gasteiger partial charge in [-0.2, -0.15) is 0 Å². The molecular weight excluding hydrogens is 497 g/mol. The second-order valence-electron chi connectivity index (χ2n) is 7.48. The molecule has 0 bridgehead atoms. The normalized spacial score (nSPS) is 15.7. The first-order chi connectivity index (χ1) is 13.6. The largest absolute Gasteiger partial charge is 0.359 e. The Morgan fingerprint density at radius 3 is 2.86 bits per heavy atom. The average Bonchev–Trinajstić information content (AvgIpc) is 3.38. The second-order valence-corrected chi connectivity index (χ2v) is 8.48. The molecule has 3 rings (SSSR count). The van der Waals surface area contributed by atoms with Crippen LogP contribution in [-0.4, -0.2) is 42.2 Å². The summed E-state index contributed by atoms with van der Waals surface area (Å²) < 4.78 is 5.49. The molecule has 6 nitrogen and oxygen atoms in total. The number of hydrogen-bond acceptors (Lipinski definition) is 5. The highest BCUT2D eigenvalue weighted by molar-refractivity contribution is 14.0. The van der Waals surface area contributed by atoms with Crippen LogP contribution in [-0.2, 0) is 19.5 Å². The summed E-state index contributed by atoms with van der Waals surface area (Å²) in [5, 5.41) is 13.2. The molecule has 0 amide bonds. The van der Waals surface area contributed by atoms with Crippen molar-refractivity contribution >= 4 is 41.3 Å². The van der Waals surface area contributed by atoms with Crippen molar-refractivity contribution in [2.24, 2.45) is 4.99 Å². The molecule has 3 heterocycles. The van der Waals surface area contributed by atoms with Gasteiger partial charge in [0.05, 0.1) is 12.2 Å². The molecule has 0 aliphatic carbocycles. The summed E-state index contributed by atoms with van der Waals surface area (Å²) in [6.07, 6.45) is 3.33. The van der Waals surface area contributed by atoms with Crippen molar-refractivity contribution in [2.75, 3.05) is 20.1 Å². The number of hydrogen-bond donors (Lipinski definition) is 2. The molecule has 29 heavy (non-hydrogen) atoms. The number of aliphatic imine (C=N–C) groups is 1. The summed E-state index contributed by atoms with van der Waals surface area (Å²) in [7, 11) is 1.80. The van der Waals surface area contributed by atoms with Crippen molar-refractivity contribution < 1.29 is 4.52 Å². The minimum Gasteiger partial charge on any atom is -0.359 e. The van der Waals surface area contributed by atoms with Crippen LogP contribution in [0.2, 0.25) is 0 Å². The van der Waals surface area contributed by atoms with E-state index in [0.29, 0.717) is 18.5 Å². The van der Waals surface area contributed by atoms with Crippen molar-refractivity contribution in [2.45, 2.75) is 65.1 Å². The number of fused-ring (bicyclic) bond motifs is 1. The molecule has 8 heteroatoms. The molecule has 0 radical (unpaired) electrons.